The van der Waals surface area contributed by atoms with Crippen LogP contribution in [0.5, 0.6) is 0 Å². The molecule has 5 aliphatic rings. The number of ether oxygens (including phenoxy) is 1. The van der Waals surface area contributed by atoms with Gasteiger partial charge in [-0.3, -0.25) is 4.90 Å². The van der Waals surface area contributed by atoms with Crippen molar-refractivity contribution in [3.8, 4) is 0 Å². The Hall–Kier alpha value is -1.85. The van der Waals surface area contributed by atoms with Crippen LogP contribution in [0.1, 0.15) is 83.1 Å². The van der Waals surface area contributed by atoms with Crippen molar-refractivity contribution in [2.24, 2.45) is 17.8 Å². The van der Waals surface area contributed by atoms with Gasteiger partial charge in [0.1, 0.15) is 0 Å². The molecule has 4 saturated carbocycles. The summed E-state index contributed by atoms with van der Waals surface area (Å²) in [5, 5.41) is 3.68. The van der Waals surface area contributed by atoms with E-state index in [4.69, 9.17) is 4.74 Å². The zero-order chi connectivity index (χ0) is 25.5. The molecule has 0 unspecified atom stereocenters. The highest BCUT2D eigenvalue weighted by atomic mass is 16.5. The smallest absolute Gasteiger partial charge is 0.318 e. The summed E-state index contributed by atoms with van der Waals surface area (Å²) in [4.78, 5) is 18.6. The Morgan fingerprint density at radius 2 is 1.70 bits per heavy atom. The summed E-state index contributed by atoms with van der Waals surface area (Å²) in [6, 6.07) is 10.8. The van der Waals surface area contributed by atoms with Crippen molar-refractivity contribution in [1.29, 1.82) is 0 Å². The van der Waals surface area contributed by atoms with Crippen molar-refractivity contribution in [2.75, 3.05) is 45.9 Å². The summed E-state index contributed by atoms with van der Waals surface area (Å²) < 4.78 is 5.53. The topological polar surface area (TPSA) is 44.8 Å². The van der Waals surface area contributed by atoms with Gasteiger partial charge >= 0.3 is 6.03 Å². The van der Waals surface area contributed by atoms with Gasteiger partial charge in [0.05, 0.1) is 13.2 Å². The third-order valence-corrected chi connectivity index (χ3v) is 9.37. The second-order valence-electron chi connectivity index (χ2n) is 12.5. The molecule has 5 heteroatoms. The number of carbonyl (C=O) groups is 1. The van der Waals surface area contributed by atoms with Crippen molar-refractivity contribution >= 4 is 12.1 Å². The molecule has 0 spiro atoms. The van der Waals surface area contributed by atoms with E-state index < -0.39 is 0 Å². The number of unbranched alkanes of at least 4 members (excludes halogenated alkanes) is 2. The molecule has 0 radical (unpaired) electrons. The van der Waals surface area contributed by atoms with Crippen LogP contribution < -0.4 is 5.32 Å². The van der Waals surface area contributed by atoms with Crippen LogP contribution >= 0.6 is 0 Å². The lowest BCUT2D eigenvalue weighted by Crippen LogP contribution is -2.62. The molecule has 4 aliphatic carbocycles. The van der Waals surface area contributed by atoms with Crippen LogP contribution in [-0.4, -0.2) is 67.3 Å². The Morgan fingerprint density at radius 1 is 1.03 bits per heavy atom. The molecule has 1 saturated heterocycles. The summed E-state index contributed by atoms with van der Waals surface area (Å²) in [6.45, 7) is 8.53. The fourth-order valence-electron chi connectivity index (χ4n) is 7.96. The standard InChI is InChI=1S/C32H49N3O2/c1-2-3-5-11-27(18-26-9-6-4-7-10-26)25-35(13-8-12-34-14-16-37-17-15-34)31(36)33-32-22-28-19-29(23-32)21-30(20-28)24-32/h4,6-7,9-10,18,28-30H,2-3,5,8,11-17,19-25H2,1H3,(H,33,36). The summed E-state index contributed by atoms with van der Waals surface area (Å²) in [5.74, 6) is 2.51. The van der Waals surface area contributed by atoms with Crippen LogP contribution in [-0.2, 0) is 4.74 Å². The average molecular weight is 508 g/mol. The maximum atomic E-state index is 14.0. The van der Waals surface area contributed by atoms with Gasteiger partial charge in [0.2, 0.25) is 0 Å². The summed E-state index contributed by atoms with van der Waals surface area (Å²) in [6.07, 6.45) is 15.9. The first kappa shape index (κ1) is 26.7. The number of urea groups is 1. The number of hydrogen-bond donors (Lipinski definition) is 1. The second-order valence-corrected chi connectivity index (χ2v) is 12.5. The quantitative estimate of drug-likeness (QED) is 0.335. The fourth-order valence-corrected chi connectivity index (χ4v) is 7.96. The molecule has 1 aliphatic heterocycles. The summed E-state index contributed by atoms with van der Waals surface area (Å²) >= 11 is 0. The molecule has 204 valence electrons. The molecule has 0 atom stereocenters. The van der Waals surface area contributed by atoms with E-state index in [0.29, 0.717) is 0 Å². The van der Waals surface area contributed by atoms with E-state index >= 15 is 0 Å². The Kier molecular flexibility index (Phi) is 9.25. The fraction of sp³-hybridized carbons (Fsp3) is 0.719. The summed E-state index contributed by atoms with van der Waals surface area (Å²) in [7, 11) is 0. The van der Waals surface area contributed by atoms with E-state index in [-0.39, 0.29) is 11.6 Å². The number of rotatable bonds is 12. The molecule has 1 heterocycles. The number of amides is 2. The largest absolute Gasteiger partial charge is 0.379 e. The Bertz CT molecular complexity index is 857. The van der Waals surface area contributed by atoms with Crippen molar-refractivity contribution < 1.29 is 9.53 Å². The van der Waals surface area contributed by atoms with Crippen molar-refractivity contribution in [2.45, 2.75) is 83.1 Å². The molecule has 0 aromatic heterocycles. The van der Waals surface area contributed by atoms with Gasteiger partial charge in [-0.1, -0.05) is 61.7 Å². The van der Waals surface area contributed by atoms with Gasteiger partial charge in [-0.05, 0) is 81.1 Å². The van der Waals surface area contributed by atoms with Crippen LogP contribution in [0.3, 0.4) is 0 Å². The number of hydrogen-bond acceptors (Lipinski definition) is 3. The number of carbonyl (C=O) groups excluding carboxylic acids is 1. The molecule has 1 aromatic carbocycles. The average Bonchev–Trinajstić information content (AvgIpc) is 2.88. The van der Waals surface area contributed by atoms with E-state index in [1.807, 2.05) is 0 Å². The van der Waals surface area contributed by atoms with Crippen LogP contribution in [0.15, 0.2) is 35.9 Å². The van der Waals surface area contributed by atoms with Gasteiger partial charge in [0.25, 0.3) is 0 Å². The van der Waals surface area contributed by atoms with E-state index in [9.17, 15) is 4.79 Å². The lowest BCUT2D eigenvalue weighted by molar-refractivity contribution is -0.0156. The van der Waals surface area contributed by atoms with Crippen LogP contribution in [0.4, 0.5) is 4.79 Å². The van der Waals surface area contributed by atoms with Crippen LogP contribution in [0.2, 0.25) is 0 Å². The third-order valence-electron chi connectivity index (χ3n) is 9.37. The Morgan fingerprint density at radius 3 is 2.35 bits per heavy atom. The highest BCUT2D eigenvalue weighted by molar-refractivity contribution is 5.76. The van der Waals surface area contributed by atoms with E-state index in [0.717, 1.165) is 76.5 Å². The predicted octanol–water partition coefficient (Wildman–Crippen LogP) is 6.35. The lowest BCUT2D eigenvalue weighted by Gasteiger charge is -2.57. The predicted molar refractivity (Wildman–Crippen MR) is 151 cm³/mol. The van der Waals surface area contributed by atoms with Gasteiger partial charge in [-0.2, -0.15) is 0 Å². The monoisotopic (exact) mass is 507 g/mol. The van der Waals surface area contributed by atoms with Crippen molar-refractivity contribution in [1.82, 2.24) is 15.1 Å². The van der Waals surface area contributed by atoms with E-state index in [1.54, 1.807) is 0 Å². The Labute approximate surface area is 225 Å². The first-order valence-electron chi connectivity index (χ1n) is 15.2. The number of morpholine rings is 1. The van der Waals surface area contributed by atoms with E-state index in [2.05, 4.69) is 58.4 Å². The van der Waals surface area contributed by atoms with E-state index in [1.165, 1.54) is 68.9 Å². The summed E-state index contributed by atoms with van der Waals surface area (Å²) in [5.41, 5.74) is 2.68. The highest BCUT2D eigenvalue weighted by Crippen LogP contribution is 2.55. The minimum Gasteiger partial charge on any atom is -0.379 e. The molecule has 5 nitrogen and oxygen atoms in total. The maximum Gasteiger partial charge on any atom is 0.318 e. The molecule has 37 heavy (non-hydrogen) atoms. The third kappa shape index (κ3) is 7.38. The zero-order valence-corrected chi connectivity index (χ0v) is 23.1. The molecule has 1 N–H and O–H groups in total. The van der Waals surface area contributed by atoms with Gasteiger partial charge in [0.15, 0.2) is 0 Å². The SMILES string of the molecule is CCCCCC(=Cc1ccccc1)CN(CCCN1CCOCC1)C(=O)NC12CC3CC(CC(C3)C1)C2. The first-order valence-corrected chi connectivity index (χ1v) is 15.2. The van der Waals surface area contributed by atoms with Crippen LogP contribution in [0.25, 0.3) is 6.08 Å². The number of benzene rings is 1. The molecule has 5 fully saturated rings. The van der Waals surface area contributed by atoms with Gasteiger partial charge < -0.3 is 15.0 Å². The minimum absolute atomic E-state index is 0.0554. The normalized spacial score (nSPS) is 29.4. The van der Waals surface area contributed by atoms with Gasteiger partial charge in [-0.15, -0.1) is 0 Å². The Balaban J connectivity index is 1.28. The molecule has 4 bridgehead atoms. The first-order chi connectivity index (χ1) is 18.1. The molecule has 6 rings (SSSR count). The van der Waals surface area contributed by atoms with Gasteiger partial charge in [0, 0.05) is 38.3 Å². The highest BCUT2D eigenvalue weighted by Gasteiger charge is 2.51. The molecule has 2 amide bonds. The van der Waals surface area contributed by atoms with Crippen molar-refractivity contribution in [3.05, 3.63) is 41.5 Å². The minimum atomic E-state index is 0.0554. The zero-order valence-electron chi connectivity index (χ0n) is 23.1. The second kappa shape index (κ2) is 12.8. The number of nitrogens with one attached hydrogen (secondary N) is 1. The maximum absolute atomic E-state index is 14.0. The van der Waals surface area contributed by atoms with Gasteiger partial charge in [-0.25, -0.2) is 4.79 Å². The van der Waals surface area contributed by atoms with Crippen LogP contribution in [0, 0.1) is 17.8 Å². The van der Waals surface area contributed by atoms with Crippen molar-refractivity contribution in [3.63, 3.8) is 0 Å². The molecule has 1 aromatic rings. The molecular formula is C32H49N3O2. The molecular weight excluding hydrogens is 458 g/mol. The lowest BCUT2D eigenvalue weighted by atomic mass is 9.53. The number of nitrogens with zero attached hydrogens (tertiary/aromatic N) is 2.